The van der Waals surface area contributed by atoms with Gasteiger partial charge in [0.15, 0.2) is 0 Å². The van der Waals surface area contributed by atoms with Crippen LogP contribution in [0.4, 0.5) is 0 Å². The number of hydrogen-bond donors (Lipinski definition) is 1. The summed E-state index contributed by atoms with van der Waals surface area (Å²) in [4.78, 5) is 2.46. The molecular formula is C13H19BrN2. The predicted octanol–water partition coefficient (Wildman–Crippen LogP) is 2.20. The van der Waals surface area contributed by atoms with E-state index in [0.29, 0.717) is 0 Å². The number of benzene rings is 1. The Bertz CT molecular complexity index is 361. The number of hydrogen-bond acceptors (Lipinski definition) is 2. The lowest BCUT2D eigenvalue weighted by Gasteiger charge is -2.35. The Morgan fingerprint density at radius 3 is 2.81 bits per heavy atom. The smallest absolute Gasteiger partial charge is 0.0342 e. The van der Waals surface area contributed by atoms with Crippen molar-refractivity contribution in [1.82, 2.24) is 10.2 Å². The molecule has 0 saturated carbocycles. The second-order valence-corrected chi connectivity index (χ2v) is 5.53. The van der Waals surface area contributed by atoms with Gasteiger partial charge in [0.05, 0.1) is 0 Å². The van der Waals surface area contributed by atoms with Crippen LogP contribution in [0.5, 0.6) is 0 Å². The summed E-state index contributed by atoms with van der Waals surface area (Å²) in [6, 6.07) is 7.28. The van der Waals surface area contributed by atoms with Gasteiger partial charge >= 0.3 is 0 Å². The molecule has 1 saturated heterocycles. The molecule has 0 aliphatic carbocycles. The van der Waals surface area contributed by atoms with Crippen LogP contribution in [0.15, 0.2) is 22.7 Å². The molecule has 3 heteroatoms. The Kier molecular flexibility index (Phi) is 4.00. The molecule has 2 rings (SSSR count). The Hall–Kier alpha value is -0.380. The van der Waals surface area contributed by atoms with E-state index in [0.717, 1.165) is 32.1 Å². The first kappa shape index (κ1) is 12.1. The lowest BCUT2D eigenvalue weighted by Crippen LogP contribution is -2.56. The highest BCUT2D eigenvalue weighted by Gasteiger charge is 2.20. The number of nitrogens with zero attached hydrogens (tertiary/aromatic N) is 1. The van der Waals surface area contributed by atoms with Gasteiger partial charge in [-0.15, -0.1) is 0 Å². The summed E-state index contributed by atoms with van der Waals surface area (Å²) in [6.45, 7) is 5.62. The van der Waals surface area contributed by atoms with Crippen LogP contribution in [-0.2, 0) is 6.42 Å². The molecule has 0 atom stereocenters. The first-order valence-corrected chi connectivity index (χ1v) is 6.62. The normalized spacial score (nSPS) is 16.5. The molecule has 1 aliphatic heterocycles. The molecule has 0 radical (unpaired) electrons. The van der Waals surface area contributed by atoms with Crippen molar-refractivity contribution < 1.29 is 0 Å². The highest BCUT2D eigenvalue weighted by atomic mass is 79.9. The molecule has 0 amide bonds. The van der Waals surface area contributed by atoms with Gasteiger partial charge < -0.3 is 10.2 Å². The third-order valence-corrected chi connectivity index (χ3v) is 3.92. The van der Waals surface area contributed by atoms with E-state index in [-0.39, 0.29) is 0 Å². The summed E-state index contributed by atoms with van der Waals surface area (Å²) in [5.74, 6) is 0. The van der Waals surface area contributed by atoms with Gasteiger partial charge in [-0.25, -0.2) is 0 Å². The van der Waals surface area contributed by atoms with E-state index < -0.39 is 0 Å². The second kappa shape index (κ2) is 5.30. The average molecular weight is 283 g/mol. The largest absolute Gasteiger partial charge is 0.314 e. The van der Waals surface area contributed by atoms with E-state index in [1.54, 1.807) is 0 Å². The Morgan fingerprint density at radius 2 is 2.19 bits per heavy atom. The van der Waals surface area contributed by atoms with Gasteiger partial charge in [-0.2, -0.15) is 0 Å². The SMILES string of the molecule is Cc1ccc(Br)cc1CCN(C)C1CNC1. The summed E-state index contributed by atoms with van der Waals surface area (Å²) in [5.41, 5.74) is 2.84. The molecule has 1 aromatic carbocycles. The van der Waals surface area contributed by atoms with Gasteiger partial charge in [0.25, 0.3) is 0 Å². The molecule has 1 N–H and O–H groups in total. The van der Waals surface area contributed by atoms with E-state index in [9.17, 15) is 0 Å². The summed E-state index contributed by atoms with van der Waals surface area (Å²) >= 11 is 3.53. The first-order valence-electron chi connectivity index (χ1n) is 5.83. The maximum absolute atomic E-state index is 3.53. The predicted molar refractivity (Wildman–Crippen MR) is 71.9 cm³/mol. The van der Waals surface area contributed by atoms with Crippen molar-refractivity contribution in [2.45, 2.75) is 19.4 Å². The summed E-state index contributed by atoms with van der Waals surface area (Å²) in [6.07, 6.45) is 1.14. The fraction of sp³-hybridized carbons (Fsp3) is 0.538. The van der Waals surface area contributed by atoms with Crippen molar-refractivity contribution in [3.05, 3.63) is 33.8 Å². The van der Waals surface area contributed by atoms with Crippen LogP contribution in [0.3, 0.4) is 0 Å². The van der Waals surface area contributed by atoms with Crippen LogP contribution in [0.25, 0.3) is 0 Å². The fourth-order valence-electron chi connectivity index (χ4n) is 1.97. The zero-order valence-corrected chi connectivity index (χ0v) is 11.5. The molecule has 16 heavy (non-hydrogen) atoms. The van der Waals surface area contributed by atoms with E-state index in [2.05, 4.69) is 58.3 Å². The van der Waals surface area contributed by atoms with Gasteiger partial charge in [-0.05, 0) is 43.7 Å². The molecule has 1 aromatic rings. The lowest BCUT2D eigenvalue weighted by molar-refractivity contribution is 0.182. The molecule has 0 aromatic heterocycles. The quantitative estimate of drug-likeness (QED) is 0.911. The summed E-state index contributed by atoms with van der Waals surface area (Å²) in [5, 5.41) is 3.31. The minimum absolute atomic E-state index is 0.743. The number of aryl methyl sites for hydroxylation is 1. The van der Waals surface area contributed by atoms with E-state index in [1.165, 1.54) is 15.6 Å². The zero-order valence-electron chi connectivity index (χ0n) is 9.96. The topological polar surface area (TPSA) is 15.3 Å². The maximum atomic E-state index is 3.53. The van der Waals surface area contributed by atoms with E-state index in [1.807, 2.05) is 0 Å². The van der Waals surface area contributed by atoms with Crippen molar-refractivity contribution in [3.8, 4) is 0 Å². The minimum Gasteiger partial charge on any atom is -0.314 e. The van der Waals surface area contributed by atoms with Crippen molar-refractivity contribution in [2.75, 3.05) is 26.7 Å². The van der Waals surface area contributed by atoms with Crippen LogP contribution in [-0.4, -0.2) is 37.6 Å². The van der Waals surface area contributed by atoms with Gasteiger partial charge in [0.2, 0.25) is 0 Å². The van der Waals surface area contributed by atoms with Gasteiger partial charge in [0.1, 0.15) is 0 Å². The molecule has 0 spiro atoms. The second-order valence-electron chi connectivity index (χ2n) is 4.61. The van der Waals surface area contributed by atoms with Crippen LogP contribution in [0.1, 0.15) is 11.1 Å². The van der Waals surface area contributed by atoms with E-state index >= 15 is 0 Å². The standard InChI is InChI=1S/C13H19BrN2/c1-10-3-4-12(14)7-11(10)5-6-16(2)13-8-15-9-13/h3-4,7,13,15H,5-6,8-9H2,1-2H3. The molecule has 0 bridgehead atoms. The number of likely N-dealkylation sites (N-methyl/N-ethyl adjacent to an activating group) is 1. The lowest BCUT2D eigenvalue weighted by atomic mass is 10.0. The van der Waals surface area contributed by atoms with Crippen molar-refractivity contribution in [3.63, 3.8) is 0 Å². The average Bonchev–Trinajstić information content (AvgIpc) is 2.17. The molecule has 2 nitrogen and oxygen atoms in total. The van der Waals surface area contributed by atoms with Crippen molar-refractivity contribution in [1.29, 1.82) is 0 Å². The maximum Gasteiger partial charge on any atom is 0.0342 e. The molecule has 1 aliphatic rings. The van der Waals surface area contributed by atoms with Crippen LogP contribution in [0, 0.1) is 6.92 Å². The molecular weight excluding hydrogens is 264 g/mol. The van der Waals surface area contributed by atoms with Gasteiger partial charge in [-0.3, -0.25) is 0 Å². The fourth-order valence-corrected chi connectivity index (χ4v) is 2.38. The Labute approximate surface area is 106 Å². The third-order valence-electron chi connectivity index (χ3n) is 3.43. The molecule has 1 fully saturated rings. The number of halogens is 1. The van der Waals surface area contributed by atoms with Crippen LogP contribution >= 0.6 is 15.9 Å². The summed E-state index contributed by atoms with van der Waals surface area (Å²) in [7, 11) is 2.22. The highest BCUT2D eigenvalue weighted by molar-refractivity contribution is 9.10. The molecule has 1 heterocycles. The third kappa shape index (κ3) is 2.84. The van der Waals surface area contributed by atoms with Crippen LogP contribution < -0.4 is 5.32 Å². The Morgan fingerprint density at radius 1 is 1.44 bits per heavy atom. The zero-order chi connectivity index (χ0) is 11.5. The molecule has 88 valence electrons. The molecule has 0 unspecified atom stereocenters. The monoisotopic (exact) mass is 282 g/mol. The first-order chi connectivity index (χ1) is 7.66. The number of nitrogens with one attached hydrogen (secondary N) is 1. The van der Waals surface area contributed by atoms with Gasteiger partial charge in [0, 0.05) is 30.1 Å². The van der Waals surface area contributed by atoms with Crippen molar-refractivity contribution >= 4 is 15.9 Å². The number of rotatable bonds is 4. The minimum atomic E-state index is 0.743. The van der Waals surface area contributed by atoms with Gasteiger partial charge in [-0.1, -0.05) is 22.0 Å². The van der Waals surface area contributed by atoms with Crippen LogP contribution in [0.2, 0.25) is 0 Å². The van der Waals surface area contributed by atoms with Crippen molar-refractivity contribution in [2.24, 2.45) is 0 Å². The highest BCUT2D eigenvalue weighted by Crippen LogP contribution is 2.17. The summed E-state index contributed by atoms with van der Waals surface area (Å²) < 4.78 is 1.18. The Balaban J connectivity index is 1.90. The van der Waals surface area contributed by atoms with E-state index in [4.69, 9.17) is 0 Å².